The molecule has 1 N–H and O–H groups in total. The van der Waals surface area contributed by atoms with Gasteiger partial charge in [-0.15, -0.1) is 0 Å². The van der Waals surface area contributed by atoms with E-state index in [2.05, 4.69) is 48.1 Å². The quantitative estimate of drug-likeness (QED) is 0.760. The van der Waals surface area contributed by atoms with E-state index in [1.165, 1.54) is 16.3 Å². The fourth-order valence-electron chi connectivity index (χ4n) is 4.09. The molecule has 6 nitrogen and oxygen atoms in total. The van der Waals surface area contributed by atoms with Crippen LogP contribution in [0.2, 0.25) is 0 Å². The molecule has 4 rings (SSSR count). The van der Waals surface area contributed by atoms with Gasteiger partial charge in [0, 0.05) is 24.7 Å². The number of ketones is 1. The van der Waals surface area contributed by atoms with Crippen LogP contribution >= 0.6 is 0 Å². The number of H-pyrrole nitrogens is 1. The highest BCUT2D eigenvalue weighted by atomic mass is 16.2. The lowest BCUT2D eigenvalue weighted by molar-refractivity contribution is 0.0964. The minimum atomic E-state index is -0.476. The average molecular weight is 377 g/mol. The van der Waals surface area contributed by atoms with Crippen molar-refractivity contribution in [2.24, 2.45) is 0 Å². The van der Waals surface area contributed by atoms with Crippen LogP contribution < -0.4 is 11.2 Å². The van der Waals surface area contributed by atoms with E-state index in [-0.39, 0.29) is 11.7 Å². The van der Waals surface area contributed by atoms with Crippen LogP contribution in [0.3, 0.4) is 0 Å². The summed E-state index contributed by atoms with van der Waals surface area (Å²) in [4.78, 5) is 44.1. The van der Waals surface area contributed by atoms with Gasteiger partial charge in [0.2, 0.25) is 0 Å². The number of hydrogen-bond acceptors (Lipinski definition) is 4. The molecule has 2 aromatic heterocycles. The molecule has 0 fully saturated rings. The molecule has 28 heavy (non-hydrogen) atoms. The van der Waals surface area contributed by atoms with Crippen molar-refractivity contribution in [2.45, 2.75) is 52.0 Å². The minimum Gasteiger partial charge on any atom is -0.294 e. The first-order valence-electron chi connectivity index (χ1n) is 9.68. The normalized spacial score (nSPS) is 16.6. The Morgan fingerprint density at radius 2 is 1.86 bits per heavy atom. The van der Waals surface area contributed by atoms with Crippen LogP contribution in [0, 0.1) is 0 Å². The number of nitrogens with one attached hydrogen (secondary N) is 1. The minimum absolute atomic E-state index is 0.00761. The Hall–Kier alpha value is -3.02. The first-order chi connectivity index (χ1) is 13.4. The molecule has 1 aromatic carbocycles. The number of nitrogens with zero attached hydrogens (tertiary/aromatic N) is 2. The molecule has 0 saturated heterocycles. The van der Waals surface area contributed by atoms with Gasteiger partial charge in [-0.25, -0.2) is 9.78 Å². The molecule has 1 aliphatic rings. The molecule has 1 aliphatic carbocycles. The van der Waals surface area contributed by atoms with E-state index in [4.69, 9.17) is 0 Å². The van der Waals surface area contributed by atoms with E-state index in [0.29, 0.717) is 47.5 Å². The number of Topliss-reactive ketones (excluding diaryl/α,β-unsaturated/α-hetero) is 1. The summed E-state index contributed by atoms with van der Waals surface area (Å²) in [6.07, 6.45) is 2.49. The van der Waals surface area contributed by atoms with E-state index in [1.54, 1.807) is 0 Å². The zero-order chi connectivity index (χ0) is 20.0. The standard InChI is InChI=1S/C22H23N3O3/c1-4-25-20-19(21(27)24-22(25)28)16-9-15(10-18(26)17(16)11-23-20)14-7-5-13(6-8-14)12(2)3/h5-8,11-12,15H,4,9-10H2,1-3H3,(H,24,27,28). The highest BCUT2D eigenvalue weighted by molar-refractivity contribution is 6.02. The third kappa shape index (κ3) is 2.89. The van der Waals surface area contributed by atoms with Crippen molar-refractivity contribution >= 4 is 16.8 Å². The maximum Gasteiger partial charge on any atom is 0.329 e. The Labute approximate surface area is 162 Å². The van der Waals surface area contributed by atoms with Crippen molar-refractivity contribution < 1.29 is 4.79 Å². The van der Waals surface area contributed by atoms with Crippen LogP contribution in [-0.2, 0) is 13.0 Å². The van der Waals surface area contributed by atoms with Crippen LogP contribution in [0.4, 0.5) is 0 Å². The zero-order valence-electron chi connectivity index (χ0n) is 16.3. The summed E-state index contributed by atoms with van der Waals surface area (Å²) in [7, 11) is 0. The van der Waals surface area contributed by atoms with Gasteiger partial charge in [-0.3, -0.25) is 19.1 Å². The maximum atomic E-state index is 12.8. The highest BCUT2D eigenvalue weighted by Gasteiger charge is 2.29. The molecule has 0 saturated carbocycles. The SMILES string of the molecule is CCn1c(=O)[nH]c(=O)c2c3c(cnc21)C(=O)CC(c1ccc(C(C)C)cc1)C3. The Morgan fingerprint density at radius 3 is 2.50 bits per heavy atom. The van der Waals surface area contributed by atoms with Gasteiger partial charge in [0.05, 0.1) is 5.39 Å². The third-order valence-corrected chi connectivity index (χ3v) is 5.69. The van der Waals surface area contributed by atoms with Gasteiger partial charge in [-0.2, -0.15) is 0 Å². The van der Waals surface area contributed by atoms with E-state index < -0.39 is 11.2 Å². The van der Waals surface area contributed by atoms with Gasteiger partial charge < -0.3 is 0 Å². The number of benzene rings is 1. The number of pyridine rings is 1. The van der Waals surface area contributed by atoms with Crippen molar-refractivity contribution in [3.8, 4) is 0 Å². The Bertz CT molecular complexity index is 1190. The van der Waals surface area contributed by atoms with Gasteiger partial charge in [0.1, 0.15) is 5.65 Å². The summed E-state index contributed by atoms with van der Waals surface area (Å²) >= 11 is 0. The van der Waals surface area contributed by atoms with Crippen molar-refractivity contribution in [3.05, 3.63) is 73.6 Å². The van der Waals surface area contributed by atoms with Gasteiger partial charge in [-0.05, 0) is 41.9 Å². The number of aromatic nitrogens is 3. The van der Waals surface area contributed by atoms with E-state index in [0.717, 1.165) is 5.56 Å². The lowest BCUT2D eigenvalue weighted by atomic mass is 9.79. The van der Waals surface area contributed by atoms with Crippen molar-refractivity contribution in [3.63, 3.8) is 0 Å². The fraction of sp³-hybridized carbons (Fsp3) is 0.364. The third-order valence-electron chi connectivity index (χ3n) is 5.69. The number of rotatable bonds is 3. The van der Waals surface area contributed by atoms with Gasteiger partial charge in [0.25, 0.3) is 5.56 Å². The lowest BCUT2D eigenvalue weighted by Crippen LogP contribution is -2.32. The first kappa shape index (κ1) is 18.3. The second-order valence-electron chi connectivity index (χ2n) is 7.70. The van der Waals surface area contributed by atoms with E-state index in [9.17, 15) is 14.4 Å². The Morgan fingerprint density at radius 1 is 1.14 bits per heavy atom. The lowest BCUT2D eigenvalue weighted by Gasteiger charge is -2.25. The number of carbonyl (C=O) groups excluding carboxylic acids is 1. The molecule has 3 aromatic rings. The molecule has 0 spiro atoms. The molecule has 0 amide bonds. The summed E-state index contributed by atoms with van der Waals surface area (Å²) in [5, 5.41) is 0.357. The molecule has 0 aliphatic heterocycles. The number of aryl methyl sites for hydroxylation is 1. The average Bonchev–Trinajstić information content (AvgIpc) is 2.67. The van der Waals surface area contributed by atoms with Crippen LogP contribution in [0.1, 0.15) is 66.1 Å². The van der Waals surface area contributed by atoms with Crippen LogP contribution in [-0.4, -0.2) is 20.3 Å². The molecule has 6 heteroatoms. The molecule has 0 radical (unpaired) electrons. The Kier molecular flexibility index (Phi) is 4.49. The molecule has 2 heterocycles. The molecule has 1 unspecified atom stereocenters. The maximum absolute atomic E-state index is 12.8. The molecule has 144 valence electrons. The summed E-state index contributed by atoms with van der Waals surface area (Å²) in [6.45, 7) is 6.51. The van der Waals surface area contributed by atoms with Crippen molar-refractivity contribution in [1.29, 1.82) is 0 Å². The summed E-state index contributed by atoms with van der Waals surface area (Å²) in [5.41, 5.74) is 2.93. The predicted octanol–water partition coefficient (Wildman–Crippen LogP) is 3.14. The first-order valence-corrected chi connectivity index (χ1v) is 9.68. The Balaban J connectivity index is 1.86. The molecular weight excluding hydrogens is 354 g/mol. The largest absolute Gasteiger partial charge is 0.329 e. The highest BCUT2D eigenvalue weighted by Crippen LogP contribution is 2.35. The summed E-state index contributed by atoms with van der Waals surface area (Å²) in [6, 6.07) is 8.36. The number of carbonyl (C=O) groups is 1. The van der Waals surface area contributed by atoms with Gasteiger partial charge >= 0.3 is 5.69 Å². The van der Waals surface area contributed by atoms with Crippen molar-refractivity contribution in [1.82, 2.24) is 14.5 Å². The fourth-order valence-corrected chi connectivity index (χ4v) is 4.09. The smallest absolute Gasteiger partial charge is 0.294 e. The van der Waals surface area contributed by atoms with Gasteiger partial charge in [-0.1, -0.05) is 38.1 Å². The van der Waals surface area contributed by atoms with Crippen LogP contribution in [0.15, 0.2) is 40.1 Å². The van der Waals surface area contributed by atoms with Crippen molar-refractivity contribution in [2.75, 3.05) is 0 Å². The number of hydrogen-bond donors (Lipinski definition) is 1. The van der Waals surface area contributed by atoms with E-state index >= 15 is 0 Å². The molecule has 0 bridgehead atoms. The number of aromatic amines is 1. The zero-order valence-corrected chi connectivity index (χ0v) is 16.3. The van der Waals surface area contributed by atoms with E-state index in [1.807, 2.05) is 6.92 Å². The summed E-state index contributed by atoms with van der Waals surface area (Å²) in [5.74, 6) is 0.442. The molecule has 1 atom stereocenters. The second-order valence-corrected chi connectivity index (χ2v) is 7.70. The monoisotopic (exact) mass is 377 g/mol. The summed E-state index contributed by atoms with van der Waals surface area (Å²) < 4.78 is 1.43. The second kappa shape index (κ2) is 6.86. The van der Waals surface area contributed by atoms with Gasteiger partial charge in [0.15, 0.2) is 5.78 Å². The topological polar surface area (TPSA) is 84.8 Å². The molecular formula is C22H23N3O3. The van der Waals surface area contributed by atoms with Crippen LogP contribution in [0.25, 0.3) is 11.0 Å². The predicted molar refractivity (Wildman–Crippen MR) is 108 cm³/mol. The number of fused-ring (bicyclic) bond motifs is 3. The van der Waals surface area contributed by atoms with Crippen LogP contribution in [0.5, 0.6) is 0 Å².